The van der Waals surface area contributed by atoms with Crippen molar-refractivity contribution in [2.24, 2.45) is 10.9 Å². The molecular formula is C17H22F6N4O. The van der Waals surface area contributed by atoms with Crippen molar-refractivity contribution in [1.82, 2.24) is 15.5 Å². The molecular weight excluding hydrogens is 390 g/mol. The zero-order chi connectivity index (χ0) is 20.8. The number of nitrogens with zero attached hydrogens (tertiary/aromatic N) is 2. The molecule has 1 saturated heterocycles. The van der Waals surface area contributed by atoms with Crippen LogP contribution in [0.25, 0.3) is 0 Å². The van der Waals surface area contributed by atoms with Crippen molar-refractivity contribution in [2.45, 2.75) is 25.5 Å². The molecule has 1 aromatic carbocycles. The number of guanidine groups is 1. The van der Waals surface area contributed by atoms with Gasteiger partial charge in [0.2, 0.25) is 0 Å². The Bertz CT molecular complexity index is 662. The van der Waals surface area contributed by atoms with Gasteiger partial charge in [0, 0.05) is 32.2 Å². The highest BCUT2D eigenvalue weighted by Crippen LogP contribution is 2.26. The zero-order valence-electron chi connectivity index (χ0n) is 15.2. The highest BCUT2D eigenvalue weighted by molar-refractivity contribution is 5.79. The Kier molecular flexibility index (Phi) is 7.39. The van der Waals surface area contributed by atoms with Crippen molar-refractivity contribution < 1.29 is 31.1 Å². The third kappa shape index (κ3) is 7.83. The average Bonchev–Trinajstić information content (AvgIpc) is 3.00. The molecule has 0 radical (unpaired) electrons. The van der Waals surface area contributed by atoms with E-state index in [1.165, 1.54) is 30.1 Å². The van der Waals surface area contributed by atoms with Gasteiger partial charge in [-0.25, -0.2) is 0 Å². The van der Waals surface area contributed by atoms with Crippen LogP contribution in [0, 0.1) is 5.92 Å². The lowest BCUT2D eigenvalue weighted by Gasteiger charge is -2.19. The van der Waals surface area contributed by atoms with Crippen molar-refractivity contribution in [2.75, 3.05) is 33.2 Å². The van der Waals surface area contributed by atoms with E-state index in [1.54, 1.807) is 6.07 Å². The molecule has 2 N–H and O–H groups in total. The second-order valence-electron chi connectivity index (χ2n) is 6.47. The fraction of sp³-hybridized carbons (Fsp3) is 0.588. The smallest absolute Gasteiger partial charge is 0.405 e. The van der Waals surface area contributed by atoms with Crippen molar-refractivity contribution in [1.29, 1.82) is 0 Å². The highest BCUT2D eigenvalue weighted by Gasteiger charge is 2.34. The molecule has 158 valence electrons. The summed E-state index contributed by atoms with van der Waals surface area (Å²) in [6.45, 7) is 0.226. The van der Waals surface area contributed by atoms with E-state index in [0.717, 1.165) is 0 Å². The fourth-order valence-electron chi connectivity index (χ4n) is 2.99. The first-order valence-corrected chi connectivity index (χ1v) is 8.63. The van der Waals surface area contributed by atoms with Crippen LogP contribution in [0.3, 0.4) is 0 Å². The monoisotopic (exact) mass is 412 g/mol. The molecule has 1 aliphatic rings. The van der Waals surface area contributed by atoms with Crippen LogP contribution in [0.1, 0.15) is 12.0 Å². The number of likely N-dealkylation sites (tertiary alicyclic amines) is 1. The molecule has 0 amide bonds. The molecule has 0 bridgehead atoms. The van der Waals surface area contributed by atoms with Gasteiger partial charge in [-0.15, -0.1) is 13.2 Å². The molecule has 0 aliphatic carbocycles. The first-order chi connectivity index (χ1) is 13.1. The first kappa shape index (κ1) is 22.1. The summed E-state index contributed by atoms with van der Waals surface area (Å²) in [5.41, 5.74) is 0.292. The maximum absolute atomic E-state index is 12.5. The quantitative estimate of drug-likeness (QED) is 0.428. The molecule has 11 heteroatoms. The number of alkyl halides is 6. The molecule has 0 aromatic heterocycles. The van der Waals surface area contributed by atoms with E-state index >= 15 is 0 Å². The summed E-state index contributed by atoms with van der Waals surface area (Å²) in [4.78, 5) is 5.34. The maximum Gasteiger partial charge on any atom is 0.573 e. The topological polar surface area (TPSA) is 48.9 Å². The maximum atomic E-state index is 12.5. The predicted molar refractivity (Wildman–Crippen MR) is 91.9 cm³/mol. The number of para-hydroxylation sites is 1. The minimum atomic E-state index is -4.79. The normalized spacial score (nSPS) is 19.0. The number of ether oxygens (including phenoxy) is 1. The largest absolute Gasteiger partial charge is 0.573 e. The number of benzene rings is 1. The molecule has 1 heterocycles. The lowest BCUT2D eigenvalue weighted by atomic mass is 10.1. The Morgan fingerprint density at radius 3 is 2.54 bits per heavy atom. The van der Waals surface area contributed by atoms with Crippen LogP contribution in [-0.4, -0.2) is 56.6 Å². The van der Waals surface area contributed by atoms with Crippen LogP contribution in [0.5, 0.6) is 5.75 Å². The van der Waals surface area contributed by atoms with Gasteiger partial charge in [0.15, 0.2) is 5.96 Å². The van der Waals surface area contributed by atoms with Gasteiger partial charge in [0.25, 0.3) is 0 Å². The Labute approximate surface area is 158 Å². The summed E-state index contributed by atoms with van der Waals surface area (Å²) in [7, 11) is 1.50. The van der Waals surface area contributed by atoms with Crippen molar-refractivity contribution in [3.63, 3.8) is 0 Å². The molecule has 1 aliphatic heterocycles. The van der Waals surface area contributed by atoms with E-state index in [2.05, 4.69) is 20.4 Å². The molecule has 1 fully saturated rings. The van der Waals surface area contributed by atoms with Crippen molar-refractivity contribution in [3.05, 3.63) is 29.8 Å². The van der Waals surface area contributed by atoms with E-state index in [1.807, 2.05) is 0 Å². The van der Waals surface area contributed by atoms with Crippen LogP contribution in [0.15, 0.2) is 29.3 Å². The van der Waals surface area contributed by atoms with Gasteiger partial charge in [-0.2, -0.15) is 13.2 Å². The summed E-state index contributed by atoms with van der Waals surface area (Å²) in [5, 5.41) is 5.88. The minimum absolute atomic E-state index is 0.0294. The average molecular weight is 412 g/mol. The Morgan fingerprint density at radius 2 is 1.89 bits per heavy atom. The summed E-state index contributed by atoms with van der Waals surface area (Å²) in [5.74, 6) is 0.0642. The number of hydrogen-bond acceptors (Lipinski definition) is 3. The van der Waals surface area contributed by atoms with Gasteiger partial charge in [-0.1, -0.05) is 18.2 Å². The molecule has 28 heavy (non-hydrogen) atoms. The summed E-state index contributed by atoms with van der Waals surface area (Å²) in [6, 6.07) is 5.73. The standard InChI is InChI=1S/C17H22F6N4O/c1-24-15(25-8-12-6-7-27(10-12)11-16(18,19)20)26-9-13-4-2-3-5-14(13)28-17(21,22)23/h2-5,12H,6-11H2,1H3,(H2,24,25,26). The molecule has 0 spiro atoms. The van der Waals surface area contributed by atoms with Crippen LogP contribution in [-0.2, 0) is 6.54 Å². The third-order valence-electron chi connectivity index (χ3n) is 4.20. The molecule has 5 nitrogen and oxygen atoms in total. The van der Waals surface area contributed by atoms with Crippen LogP contribution in [0.2, 0.25) is 0 Å². The van der Waals surface area contributed by atoms with E-state index in [0.29, 0.717) is 37.6 Å². The van der Waals surface area contributed by atoms with Crippen LogP contribution < -0.4 is 15.4 Å². The first-order valence-electron chi connectivity index (χ1n) is 8.63. The lowest BCUT2D eigenvalue weighted by Crippen LogP contribution is -2.40. The fourth-order valence-corrected chi connectivity index (χ4v) is 2.99. The third-order valence-corrected chi connectivity index (χ3v) is 4.20. The van der Waals surface area contributed by atoms with Gasteiger partial charge >= 0.3 is 12.5 Å². The highest BCUT2D eigenvalue weighted by atomic mass is 19.4. The predicted octanol–water partition coefficient (Wildman–Crippen LogP) is 3.13. The van der Waals surface area contributed by atoms with E-state index < -0.39 is 19.1 Å². The van der Waals surface area contributed by atoms with Crippen LogP contribution in [0.4, 0.5) is 26.3 Å². The summed E-state index contributed by atoms with van der Waals surface area (Å²) in [6.07, 6.45) is -8.38. The van der Waals surface area contributed by atoms with Gasteiger partial charge < -0.3 is 15.4 Å². The van der Waals surface area contributed by atoms with Crippen molar-refractivity contribution >= 4 is 5.96 Å². The van der Waals surface area contributed by atoms with Gasteiger partial charge in [-0.05, 0) is 24.9 Å². The Morgan fingerprint density at radius 1 is 1.18 bits per heavy atom. The van der Waals surface area contributed by atoms with Gasteiger partial charge in [0.1, 0.15) is 5.75 Å². The molecule has 1 aromatic rings. The Balaban J connectivity index is 1.82. The number of aliphatic imine (C=N–C) groups is 1. The Hall–Kier alpha value is -2.17. The number of hydrogen-bond donors (Lipinski definition) is 2. The SMILES string of the molecule is CN=C(NCc1ccccc1OC(F)(F)F)NCC1CCN(CC(F)(F)F)C1. The second-order valence-corrected chi connectivity index (χ2v) is 6.47. The van der Waals surface area contributed by atoms with Gasteiger partial charge in [0.05, 0.1) is 6.54 Å². The second kappa shape index (κ2) is 9.35. The van der Waals surface area contributed by atoms with Crippen molar-refractivity contribution in [3.8, 4) is 5.75 Å². The van der Waals surface area contributed by atoms with E-state index in [4.69, 9.17) is 0 Å². The molecule has 1 atom stereocenters. The minimum Gasteiger partial charge on any atom is -0.405 e. The number of rotatable bonds is 6. The van der Waals surface area contributed by atoms with E-state index in [-0.39, 0.29) is 18.2 Å². The van der Waals surface area contributed by atoms with Crippen LogP contribution >= 0.6 is 0 Å². The van der Waals surface area contributed by atoms with E-state index in [9.17, 15) is 26.3 Å². The molecule has 0 saturated carbocycles. The zero-order valence-corrected chi connectivity index (χ0v) is 15.2. The molecule has 1 unspecified atom stereocenters. The number of nitrogens with one attached hydrogen (secondary N) is 2. The number of halogens is 6. The summed E-state index contributed by atoms with van der Waals surface area (Å²) < 4.78 is 78.7. The van der Waals surface area contributed by atoms with Gasteiger partial charge in [-0.3, -0.25) is 9.89 Å². The lowest BCUT2D eigenvalue weighted by molar-refractivity contribution is -0.274. The molecule has 2 rings (SSSR count). The summed E-state index contributed by atoms with van der Waals surface area (Å²) >= 11 is 0.